The average molecular weight is 339 g/mol. The van der Waals surface area contributed by atoms with Gasteiger partial charge in [-0.05, 0) is 25.5 Å². The molecule has 0 saturated carbocycles. The number of thiazole rings is 1. The number of anilines is 1. The first-order valence-electron chi connectivity index (χ1n) is 7.45. The lowest BCUT2D eigenvalue weighted by molar-refractivity contribution is 0.102. The molecule has 0 bridgehead atoms. The van der Waals surface area contributed by atoms with Crippen molar-refractivity contribution in [3.63, 3.8) is 0 Å². The van der Waals surface area contributed by atoms with Gasteiger partial charge in [0.1, 0.15) is 0 Å². The number of nitrogens with zero attached hydrogens (tertiary/aromatic N) is 2. The van der Waals surface area contributed by atoms with Gasteiger partial charge in [0.2, 0.25) is 0 Å². The highest BCUT2D eigenvalue weighted by molar-refractivity contribution is 7.14. The second-order valence-electron chi connectivity index (χ2n) is 5.67. The standard InChI is InChI=1S/C18H17N3O2S/c1-11-4-5-14(12(2)8-11)15-10-24-18(19-15)20-17(23)13-6-7-21(3)16(22)9-13/h4-10H,1-3H3,(H,19,20,23). The third-order valence-corrected chi connectivity index (χ3v) is 4.51. The number of benzene rings is 1. The van der Waals surface area contributed by atoms with E-state index >= 15 is 0 Å². The Morgan fingerprint density at radius 2 is 2.00 bits per heavy atom. The molecule has 0 aliphatic heterocycles. The van der Waals surface area contributed by atoms with Crippen molar-refractivity contribution in [3.05, 3.63) is 69.0 Å². The number of carbonyl (C=O) groups excluding carboxylic acids is 1. The molecule has 0 saturated heterocycles. The lowest BCUT2D eigenvalue weighted by atomic mass is 10.0. The zero-order valence-electron chi connectivity index (χ0n) is 13.7. The van der Waals surface area contributed by atoms with E-state index in [0.29, 0.717) is 10.7 Å². The summed E-state index contributed by atoms with van der Waals surface area (Å²) in [6.07, 6.45) is 1.57. The first-order chi connectivity index (χ1) is 11.4. The summed E-state index contributed by atoms with van der Waals surface area (Å²) in [6, 6.07) is 9.10. The van der Waals surface area contributed by atoms with Crippen molar-refractivity contribution in [2.24, 2.45) is 7.05 Å². The van der Waals surface area contributed by atoms with Crippen LogP contribution in [0.15, 0.2) is 46.7 Å². The maximum atomic E-state index is 12.2. The van der Waals surface area contributed by atoms with Crippen LogP contribution >= 0.6 is 11.3 Å². The molecule has 6 heteroatoms. The molecule has 3 rings (SSSR count). The molecule has 1 amide bonds. The summed E-state index contributed by atoms with van der Waals surface area (Å²) in [5.41, 5.74) is 4.32. The van der Waals surface area contributed by atoms with Gasteiger partial charge in [0.15, 0.2) is 5.13 Å². The van der Waals surface area contributed by atoms with Crippen LogP contribution in [0, 0.1) is 13.8 Å². The van der Waals surface area contributed by atoms with Crippen molar-refractivity contribution < 1.29 is 4.79 Å². The Hall–Kier alpha value is -2.73. The Kier molecular flexibility index (Phi) is 4.31. The first kappa shape index (κ1) is 16.1. The lowest BCUT2D eigenvalue weighted by Gasteiger charge is -2.04. The normalized spacial score (nSPS) is 10.6. The Labute approximate surface area is 143 Å². The zero-order chi connectivity index (χ0) is 17.3. The van der Waals surface area contributed by atoms with Crippen LogP contribution in [0.2, 0.25) is 0 Å². The SMILES string of the molecule is Cc1ccc(-c2csc(NC(=O)c3ccn(C)c(=O)c3)n2)c(C)c1. The molecular formula is C18H17N3O2S. The van der Waals surface area contributed by atoms with E-state index in [-0.39, 0.29) is 11.5 Å². The molecule has 0 atom stereocenters. The summed E-state index contributed by atoms with van der Waals surface area (Å²) < 4.78 is 1.42. The van der Waals surface area contributed by atoms with E-state index in [4.69, 9.17) is 0 Å². The number of amides is 1. The fraction of sp³-hybridized carbons (Fsp3) is 0.167. The molecule has 122 valence electrons. The summed E-state index contributed by atoms with van der Waals surface area (Å²) in [6.45, 7) is 4.09. The van der Waals surface area contributed by atoms with Gasteiger partial charge in [-0.1, -0.05) is 23.8 Å². The molecule has 0 spiro atoms. The van der Waals surface area contributed by atoms with E-state index in [1.54, 1.807) is 19.3 Å². The van der Waals surface area contributed by atoms with E-state index in [9.17, 15) is 9.59 Å². The molecule has 2 aromatic heterocycles. The molecular weight excluding hydrogens is 322 g/mol. The molecule has 24 heavy (non-hydrogen) atoms. The third kappa shape index (κ3) is 3.28. The molecule has 3 aromatic rings. The fourth-order valence-corrected chi connectivity index (χ4v) is 3.12. The average Bonchev–Trinajstić information content (AvgIpc) is 2.98. The predicted octanol–water partition coefficient (Wildman–Crippen LogP) is 3.38. The number of aromatic nitrogens is 2. The predicted molar refractivity (Wildman–Crippen MR) is 96.7 cm³/mol. The van der Waals surface area contributed by atoms with Crippen LogP contribution in [0.3, 0.4) is 0 Å². The Morgan fingerprint density at radius 1 is 1.21 bits per heavy atom. The van der Waals surface area contributed by atoms with Crippen LogP contribution < -0.4 is 10.9 Å². The molecule has 1 aromatic carbocycles. The Bertz CT molecular complexity index is 972. The maximum Gasteiger partial charge on any atom is 0.257 e. The van der Waals surface area contributed by atoms with Gasteiger partial charge in [-0.25, -0.2) is 4.98 Å². The highest BCUT2D eigenvalue weighted by atomic mass is 32.1. The van der Waals surface area contributed by atoms with Crippen LogP contribution in [0.4, 0.5) is 5.13 Å². The number of aryl methyl sites for hydroxylation is 3. The maximum absolute atomic E-state index is 12.2. The second-order valence-corrected chi connectivity index (χ2v) is 6.53. The minimum Gasteiger partial charge on any atom is -0.319 e. The topological polar surface area (TPSA) is 64.0 Å². The van der Waals surface area contributed by atoms with E-state index in [1.165, 1.54) is 27.5 Å². The van der Waals surface area contributed by atoms with Gasteiger partial charge in [-0.2, -0.15) is 0 Å². The van der Waals surface area contributed by atoms with Crippen molar-refractivity contribution in [1.29, 1.82) is 0 Å². The lowest BCUT2D eigenvalue weighted by Crippen LogP contribution is -2.19. The molecule has 0 radical (unpaired) electrons. The minimum atomic E-state index is -0.339. The molecule has 2 heterocycles. The third-order valence-electron chi connectivity index (χ3n) is 3.75. The summed E-state index contributed by atoms with van der Waals surface area (Å²) in [5.74, 6) is -0.339. The molecule has 5 nitrogen and oxygen atoms in total. The largest absolute Gasteiger partial charge is 0.319 e. The van der Waals surface area contributed by atoms with Crippen LogP contribution in [0.25, 0.3) is 11.3 Å². The van der Waals surface area contributed by atoms with E-state index in [2.05, 4.69) is 16.4 Å². The minimum absolute atomic E-state index is 0.224. The van der Waals surface area contributed by atoms with Crippen molar-refractivity contribution in [2.45, 2.75) is 13.8 Å². The van der Waals surface area contributed by atoms with Gasteiger partial charge < -0.3 is 4.57 Å². The Balaban J connectivity index is 1.82. The van der Waals surface area contributed by atoms with Crippen LogP contribution in [0.5, 0.6) is 0 Å². The summed E-state index contributed by atoms with van der Waals surface area (Å²) in [4.78, 5) is 28.3. The first-order valence-corrected chi connectivity index (χ1v) is 8.33. The number of hydrogen-bond acceptors (Lipinski definition) is 4. The molecule has 0 unspecified atom stereocenters. The smallest absolute Gasteiger partial charge is 0.257 e. The Morgan fingerprint density at radius 3 is 2.71 bits per heavy atom. The number of rotatable bonds is 3. The number of nitrogens with one attached hydrogen (secondary N) is 1. The van der Waals surface area contributed by atoms with Crippen LogP contribution in [0.1, 0.15) is 21.5 Å². The van der Waals surface area contributed by atoms with Gasteiger partial charge in [0.25, 0.3) is 11.5 Å². The summed E-state index contributed by atoms with van der Waals surface area (Å²) in [7, 11) is 1.64. The van der Waals surface area contributed by atoms with Crippen LogP contribution in [-0.2, 0) is 7.05 Å². The van der Waals surface area contributed by atoms with Crippen molar-refractivity contribution >= 4 is 22.4 Å². The van der Waals surface area contributed by atoms with Gasteiger partial charge in [0.05, 0.1) is 5.69 Å². The summed E-state index contributed by atoms with van der Waals surface area (Å²) >= 11 is 1.36. The van der Waals surface area contributed by atoms with E-state index < -0.39 is 0 Å². The molecule has 0 aliphatic carbocycles. The summed E-state index contributed by atoms with van der Waals surface area (Å²) in [5, 5.41) is 5.17. The van der Waals surface area contributed by atoms with Crippen molar-refractivity contribution in [1.82, 2.24) is 9.55 Å². The number of pyridine rings is 1. The van der Waals surface area contributed by atoms with E-state index in [1.807, 2.05) is 31.4 Å². The van der Waals surface area contributed by atoms with Gasteiger partial charge in [0, 0.05) is 35.8 Å². The van der Waals surface area contributed by atoms with Crippen molar-refractivity contribution in [3.8, 4) is 11.3 Å². The van der Waals surface area contributed by atoms with Gasteiger partial charge in [-0.3, -0.25) is 14.9 Å². The molecule has 0 aliphatic rings. The van der Waals surface area contributed by atoms with E-state index in [0.717, 1.165) is 16.8 Å². The molecule has 0 fully saturated rings. The monoisotopic (exact) mass is 339 g/mol. The van der Waals surface area contributed by atoms with Crippen LogP contribution in [-0.4, -0.2) is 15.5 Å². The number of carbonyl (C=O) groups is 1. The van der Waals surface area contributed by atoms with Crippen molar-refractivity contribution in [2.75, 3.05) is 5.32 Å². The molecule has 1 N–H and O–H groups in total. The highest BCUT2D eigenvalue weighted by Gasteiger charge is 2.12. The second kappa shape index (κ2) is 6.41. The quantitative estimate of drug-likeness (QED) is 0.795. The van der Waals surface area contributed by atoms with Gasteiger partial charge in [-0.15, -0.1) is 11.3 Å². The van der Waals surface area contributed by atoms with Gasteiger partial charge >= 0.3 is 0 Å². The fourth-order valence-electron chi connectivity index (χ4n) is 2.41. The number of hydrogen-bond donors (Lipinski definition) is 1. The zero-order valence-corrected chi connectivity index (χ0v) is 14.5. The highest BCUT2D eigenvalue weighted by Crippen LogP contribution is 2.28.